The first-order valence-corrected chi connectivity index (χ1v) is 12.9. The number of carbonyl (C=O) groups is 1. The molecule has 2 aromatic carbocycles. The Morgan fingerprint density at radius 3 is 2.50 bits per heavy atom. The van der Waals surface area contributed by atoms with Crippen molar-refractivity contribution in [2.75, 3.05) is 12.9 Å². The van der Waals surface area contributed by atoms with Crippen LogP contribution in [0, 0.1) is 17.8 Å². The van der Waals surface area contributed by atoms with Gasteiger partial charge in [-0.1, -0.05) is 24.0 Å². The van der Waals surface area contributed by atoms with Gasteiger partial charge in [-0.25, -0.2) is 13.9 Å². The summed E-state index contributed by atoms with van der Waals surface area (Å²) in [6, 6.07) is 13.7. The number of aliphatic hydroxyl groups is 1. The van der Waals surface area contributed by atoms with Crippen molar-refractivity contribution >= 4 is 26.6 Å². The van der Waals surface area contributed by atoms with Gasteiger partial charge in [-0.15, -0.1) is 0 Å². The van der Waals surface area contributed by atoms with E-state index in [4.69, 9.17) is 5.21 Å². The summed E-state index contributed by atoms with van der Waals surface area (Å²) in [7, 11) is -3.77. The summed E-state index contributed by atoms with van der Waals surface area (Å²) in [4.78, 5) is 12.0. The number of fused-ring (bicyclic) bond motifs is 1. The van der Waals surface area contributed by atoms with E-state index in [2.05, 4.69) is 29.1 Å². The monoisotopic (exact) mass is 481 g/mol. The molecule has 1 fully saturated rings. The third kappa shape index (κ3) is 4.85. The molecule has 1 heterocycles. The van der Waals surface area contributed by atoms with Crippen LogP contribution in [0.2, 0.25) is 0 Å². The van der Waals surface area contributed by atoms with E-state index in [0.717, 1.165) is 34.7 Å². The number of aromatic nitrogens is 2. The molecule has 0 radical (unpaired) electrons. The van der Waals surface area contributed by atoms with Crippen LogP contribution in [0.3, 0.4) is 0 Å². The van der Waals surface area contributed by atoms with E-state index in [1.807, 2.05) is 30.3 Å². The minimum atomic E-state index is -3.77. The average Bonchev–Trinajstić information content (AvgIpc) is 3.50. The van der Waals surface area contributed by atoms with Crippen LogP contribution in [0.4, 0.5) is 0 Å². The van der Waals surface area contributed by atoms with Gasteiger partial charge in [0.15, 0.2) is 14.6 Å². The standard InChI is InChI=1S/C25H27N3O5S/c1-25(24(30)27-31,34(2,32)33)11-12-28-15-20-13-18(7-10-23(20)26-28)4-3-17-5-8-19(9-6-17)22-14-21(22)16-29/h5-10,13,15,21-22,29,31H,11-12,14,16H2,1-2H3,(H,27,30)/t21-,22-,25-/m1/s1. The number of benzene rings is 2. The van der Waals surface area contributed by atoms with Gasteiger partial charge >= 0.3 is 0 Å². The van der Waals surface area contributed by atoms with E-state index in [9.17, 15) is 18.3 Å². The van der Waals surface area contributed by atoms with Crippen LogP contribution in [-0.4, -0.2) is 52.0 Å². The van der Waals surface area contributed by atoms with E-state index >= 15 is 0 Å². The SMILES string of the molecule is C[C@@](CCn1cc2cc(C#Cc3ccc([C@H]4C[C@@H]4CO)cc3)ccc2n1)(C(=O)NO)S(C)(=O)=O. The molecule has 0 spiro atoms. The Morgan fingerprint density at radius 2 is 1.88 bits per heavy atom. The summed E-state index contributed by atoms with van der Waals surface area (Å²) in [6.07, 6.45) is 3.74. The molecule has 1 amide bonds. The lowest BCUT2D eigenvalue weighted by atomic mass is 10.1. The lowest BCUT2D eigenvalue weighted by molar-refractivity contribution is -0.131. The number of hydrogen-bond acceptors (Lipinski definition) is 6. The zero-order valence-electron chi connectivity index (χ0n) is 19.0. The number of rotatable bonds is 7. The van der Waals surface area contributed by atoms with Crippen molar-refractivity contribution in [2.24, 2.45) is 5.92 Å². The summed E-state index contributed by atoms with van der Waals surface area (Å²) in [5.74, 6) is 6.20. The molecule has 1 aromatic heterocycles. The van der Waals surface area contributed by atoms with E-state index in [1.54, 1.807) is 10.9 Å². The van der Waals surface area contributed by atoms with Crippen molar-refractivity contribution < 1.29 is 23.5 Å². The molecule has 0 saturated heterocycles. The molecule has 1 aliphatic carbocycles. The first-order chi connectivity index (χ1) is 16.1. The number of hydrogen-bond donors (Lipinski definition) is 3. The van der Waals surface area contributed by atoms with Crippen molar-refractivity contribution in [3.63, 3.8) is 0 Å². The van der Waals surface area contributed by atoms with Gasteiger partial charge in [0.2, 0.25) is 0 Å². The Hall–Kier alpha value is -3.19. The molecule has 9 heteroatoms. The van der Waals surface area contributed by atoms with E-state index in [1.165, 1.54) is 18.0 Å². The minimum Gasteiger partial charge on any atom is -0.396 e. The van der Waals surface area contributed by atoms with Crippen LogP contribution < -0.4 is 5.48 Å². The van der Waals surface area contributed by atoms with Crippen LogP contribution in [0.25, 0.3) is 10.9 Å². The molecule has 178 valence electrons. The van der Waals surface area contributed by atoms with Crippen LogP contribution in [0.5, 0.6) is 0 Å². The number of nitrogens with zero attached hydrogens (tertiary/aromatic N) is 2. The largest absolute Gasteiger partial charge is 0.396 e. The van der Waals surface area contributed by atoms with Gasteiger partial charge in [0.05, 0.1) is 5.52 Å². The van der Waals surface area contributed by atoms with Crippen LogP contribution in [-0.2, 0) is 21.2 Å². The van der Waals surface area contributed by atoms with Gasteiger partial charge in [-0.2, -0.15) is 5.10 Å². The fourth-order valence-corrected chi connectivity index (χ4v) is 4.84. The van der Waals surface area contributed by atoms with Gasteiger partial charge in [-0.3, -0.25) is 14.7 Å². The molecule has 3 N–H and O–H groups in total. The van der Waals surface area contributed by atoms with E-state index < -0.39 is 20.5 Å². The molecule has 3 aromatic rings. The van der Waals surface area contributed by atoms with Gasteiger partial charge in [0.1, 0.15) is 0 Å². The Labute approximate surface area is 198 Å². The van der Waals surface area contributed by atoms with Crippen molar-refractivity contribution in [3.05, 3.63) is 65.4 Å². The second-order valence-corrected chi connectivity index (χ2v) is 11.5. The molecule has 0 bridgehead atoms. The number of amides is 1. The smallest absolute Gasteiger partial charge is 0.264 e. The number of hydroxylamine groups is 1. The maximum absolute atomic E-state index is 12.1. The van der Waals surface area contributed by atoms with Crippen molar-refractivity contribution in [1.82, 2.24) is 15.3 Å². The topological polar surface area (TPSA) is 122 Å². The summed E-state index contributed by atoms with van der Waals surface area (Å²) in [5, 5.41) is 23.5. The highest BCUT2D eigenvalue weighted by Crippen LogP contribution is 2.46. The highest BCUT2D eigenvalue weighted by Gasteiger charge is 2.43. The quantitative estimate of drug-likeness (QED) is 0.270. The number of carbonyl (C=O) groups excluding carboxylic acids is 1. The molecule has 1 aliphatic rings. The van der Waals surface area contributed by atoms with Gasteiger partial charge < -0.3 is 5.11 Å². The van der Waals surface area contributed by atoms with Gasteiger partial charge in [-0.05, 0) is 67.5 Å². The predicted molar refractivity (Wildman–Crippen MR) is 128 cm³/mol. The highest BCUT2D eigenvalue weighted by molar-refractivity contribution is 7.92. The van der Waals surface area contributed by atoms with E-state index in [0.29, 0.717) is 11.8 Å². The normalized spacial score (nSPS) is 19.2. The first kappa shape index (κ1) is 24.0. The molecule has 0 unspecified atom stereocenters. The number of aliphatic hydroxyl groups excluding tert-OH is 1. The predicted octanol–water partition coefficient (Wildman–Crippen LogP) is 2.23. The second-order valence-electron chi connectivity index (χ2n) is 9.02. The molecule has 34 heavy (non-hydrogen) atoms. The molecule has 8 nitrogen and oxygen atoms in total. The zero-order valence-corrected chi connectivity index (χ0v) is 19.8. The Bertz CT molecular complexity index is 1390. The first-order valence-electron chi connectivity index (χ1n) is 11.0. The molecule has 0 aliphatic heterocycles. The van der Waals surface area contributed by atoms with Crippen LogP contribution in [0.15, 0.2) is 48.7 Å². The third-order valence-corrected chi connectivity index (χ3v) is 8.64. The summed E-state index contributed by atoms with van der Waals surface area (Å²) < 4.78 is 24.1. The van der Waals surface area contributed by atoms with E-state index in [-0.39, 0.29) is 19.6 Å². The van der Waals surface area contributed by atoms with Crippen molar-refractivity contribution in [3.8, 4) is 11.8 Å². The van der Waals surface area contributed by atoms with Crippen LogP contribution >= 0.6 is 0 Å². The van der Waals surface area contributed by atoms with Crippen molar-refractivity contribution in [2.45, 2.75) is 37.0 Å². The minimum absolute atomic E-state index is 0.0468. The zero-order chi connectivity index (χ0) is 24.5. The van der Waals surface area contributed by atoms with Crippen LogP contribution in [0.1, 0.15) is 42.4 Å². The number of aryl methyl sites for hydroxylation is 1. The Balaban J connectivity index is 1.47. The fourth-order valence-electron chi connectivity index (χ4n) is 4.00. The molecule has 3 atom stereocenters. The average molecular weight is 482 g/mol. The summed E-state index contributed by atoms with van der Waals surface area (Å²) >= 11 is 0. The highest BCUT2D eigenvalue weighted by atomic mass is 32.2. The molecule has 4 rings (SSSR count). The Kier molecular flexibility index (Phi) is 6.49. The Morgan fingerprint density at radius 1 is 1.21 bits per heavy atom. The second kappa shape index (κ2) is 9.22. The van der Waals surface area contributed by atoms with Crippen molar-refractivity contribution in [1.29, 1.82) is 0 Å². The third-order valence-electron chi connectivity index (χ3n) is 6.62. The maximum atomic E-state index is 12.1. The summed E-state index contributed by atoms with van der Waals surface area (Å²) in [5.41, 5.74) is 5.14. The molecular formula is C25H27N3O5S. The maximum Gasteiger partial charge on any atom is 0.264 e. The number of sulfone groups is 1. The lowest BCUT2D eigenvalue weighted by Crippen LogP contribution is -2.49. The fraction of sp³-hybridized carbons (Fsp3) is 0.360. The molecular weight excluding hydrogens is 454 g/mol. The van der Waals surface area contributed by atoms with Gasteiger partial charge in [0, 0.05) is 42.1 Å². The molecule has 1 saturated carbocycles. The lowest BCUT2D eigenvalue weighted by Gasteiger charge is -2.24. The summed E-state index contributed by atoms with van der Waals surface area (Å²) in [6.45, 7) is 1.70. The number of nitrogens with one attached hydrogen (secondary N) is 1. The van der Waals surface area contributed by atoms with Gasteiger partial charge in [0.25, 0.3) is 5.91 Å².